The predicted octanol–water partition coefficient (Wildman–Crippen LogP) is 0.545. The van der Waals surface area contributed by atoms with Gasteiger partial charge in [-0.05, 0) is 33.8 Å². The first-order chi connectivity index (χ1) is 7.74. The zero-order valence-electron chi connectivity index (χ0n) is 10.7. The van der Waals surface area contributed by atoms with E-state index < -0.39 is 7.12 Å². The SMILES string of the molecule is CC1(C)OB(c2ccnc(N)c2N)OC1(C)C. The van der Waals surface area contributed by atoms with E-state index >= 15 is 0 Å². The van der Waals surface area contributed by atoms with E-state index in [-0.39, 0.29) is 11.2 Å². The number of nitrogen functional groups attached to an aromatic ring is 2. The third-order valence-electron chi connectivity index (χ3n) is 3.56. The molecule has 0 bridgehead atoms. The molecule has 92 valence electrons. The normalized spacial score (nSPS) is 21.8. The predicted molar refractivity (Wildman–Crippen MR) is 68.8 cm³/mol. The average Bonchev–Trinajstić information content (AvgIpc) is 2.40. The highest BCUT2D eigenvalue weighted by molar-refractivity contribution is 6.64. The van der Waals surface area contributed by atoms with Gasteiger partial charge in [-0.2, -0.15) is 0 Å². The lowest BCUT2D eigenvalue weighted by Crippen LogP contribution is -2.41. The standard InChI is InChI=1S/C11H18BN3O2/c1-10(2)11(3,4)17-12(16-10)7-5-6-15-9(14)8(7)13/h5-6H,13H2,1-4H3,(H2,14,15). The van der Waals surface area contributed by atoms with Crippen LogP contribution in [0.3, 0.4) is 0 Å². The molecule has 0 unspecified atom stereocenters. The number of aromatic nitrogens is 1. The van der Waals surface area contributed by atoms with Crippen molar-refractivity contribution in [2.45, 2.75) is 38.9 Å². The van der Waals surface area contributed by atoms with Crippen LogP contribution < -0.4 is 16.9 Å². The minimum Gasteiger partial charge on any atom is -0.399 e. The highest BCUT2D eigenvalue weighted by atomic mass is 16.7. The van der Waals surface area contributed by atoms with Crippen molar-refractivity contribution in [2.24, 2.45) is 0 Å². The maximum atomic E-state index is 5.90. The van der Waals surface area contributed by atoms with Gasteiger partial charge in [0, 0.05) is 11.7 Å². The molecular weight excluding hydrogens is 217 g/mol. The second-order valence-electron chi connectivity index (χ2n) is 5.29. The Morgan fingerprint density at radius 3 is 2.18 bits per heavy atom. The van der Waals surface area contributed by atoms with Gasteiger partial charge in [-0.1, -0.05) is 0 Å². The van der Waals surface area contributed by atoms with E-state index in [0.717, 1.165) is 5.46 Å². The van der Waals surface area contributed by atoms with E-state index in [1.54, 1.807) is 12.3 Å². The Labute approximate surface area is 102 Å². The zero-order valence-corrected chi connectivity index (χ0v) is 10.7. The first-order valence-electron chi connectivity index (χ1n) is 5.60. The van der Waals surface area contributed by atoms with Crippen molar-refractivity contribution in [1.82, 2.24) is 4.98 Å². The number of nitrogens with two attached hydrogens (primary N) is 2. The summed E-state index contributed by atoms with van der Waals surface area (Å²) in [5, 5.41) is 0. The molecule has 0 radical (unpaired) electrons. The third kappa shape index (κ3) is 1.87. The highest BCUT2D eigenvalue weighted by Crippen LogP contribution is 2.36. The maximum Gasteiger partial charge on any atom is 0.497 e. The Bertz CT molecular complexity index is 432. The molecular formula is C11H18BN3O2. The van der Waals surface area contributed by atoms with Crippen LogP contribution in [0.15, 0.2) is 12.3 Å². The van der Waals surface area contributed by atoms with E-state index in [0.29, 0.717) is 11.5 Å². The Hall–Kier alpha value is -1.27. The molecule has 4 N–H and O–H groups in total. The van der Waals surface area contributed by atoms with E-state index in [2.05, 4.69) is 4.98 Å². The molecule has 2 heterocycles. The van der Waals surface area contributed by atoms with Crippen LogP contribution in [0.5, 0.6) is 0 Å². The third-order valence-corrected chi connectivity index (χ3v) is 3.56. The first kappa shape index (κ1) is 12.2. The summed E-state index contributed by atoms with van der Waals surface area (Å²) in [5.74, 6) is 0.303. The Kier molecular flexibility index (Phi) is 2.59. The van der Waals surface area contributed by atoms with Crippen LogP contribution in [-0.4, -0.2) is 23.3 Å². The van der Waals surface area contributed by atoms with Gasteiger partial charge in [-0.25, -0.2) is 4.98 Å². The van der Waals surface area contributed by atoms with Crippen molar-refractivity contribution in [3.63, 3.8) is 0 Å². The van der Waals surface area contributed by atoms with Crippen molar-refractivity contribution in [1.29, 1.82) is 0 Å². The summed E-state index contributed by atoms with van der Waals surface area (Å²) < 4.78 is 11.8. The summed E-state index contributed by atoms with van der Waals surface area (Å²) >= 11 is 0. The van der Waals surface area contributed by atoms with E-state index in [4.69, 9.17) is 20.8 Å². The zero-order chi connectivity index (χ0) is 12.8. The fourth-order valence-electron chi connectivity index (χ4n) is 1.68. The lowest BCUT2D eigenvalue weighted by atomic mass is 9.78. The smallest absolute Gasteiger partial charge is 0.399 e. The second kappa shape index (κ2) is 3.61. The van der Waals surface area contributed by atoms with Crippen LogP contribution >= 0.6 is 0 Å². The van der Waals surface area contributed by atoms with E-state index in [9.17, 15) is 0 Å². The molecule has 0 atom stereocenters. The molecule has 0 saturated carbocycles. The largest absolute Gasteiger partial charge is 0.497 e. The Morgan fingerprint density at radius 2 is 1.65 bits per heavy atom. The number of pyridine rings is 1. The van der Waals surface area contributed by atoms with Gasteiger partial charge in [0.05, 0.1) is 16.9 Å². The number of nitrogens with zero attached hydrogens (tertiary/aromatic N) is 1. The number of hydrogen-bond donors (Lipinski definition) is 2. The van der Waals surface area contributed by atoms with Crippen molar-refractivity contribution < 1.29 is 9.31 Å². The summed E-state index contributed by atoms with van der Waals surface area (Å²) in [6.07, 6.45) is 1.60. The number of hydrogen-bond acceptors (Lipinski definition) is 5. The molecule has 0 spiro atoms. The summed E-state index contributed by atoms with van der Waals surface area (Å²) in [4.78, 5) is 3.93. The minimum absolute atomic E-state index is 0.303. The molecule has 1 aromatic rings. The van der Waals surface area contributed by atoms with Gasteiger partial charge in [0.15, 0.2) is 0 Å². The van der Waals surface area contributed by atoms with E-state index in [1.807, 2.05) is 27.7 Å². The van der Waals surface area contributed by atoms with Gasteiger partial charge in [0.2, 0.25) is 0 Å². The van der Waals surface area contributed by atoms with Crippen LogP contribution in [0.2, 0.25) is 0 Å². The van der Waals surface area contributed by atoms with Gasteiger partial charge in [0.25, 0.3) is 0 Å². The maximum absolute atomic E-state index is 5.90. The molecule has 1 saturated heterocycles. The van der Waals surface area contributed by atoms with Crippen LogP contribution in [-0.2, 0) is 9.31 Å². The van der Waals surface area contributed by atoms with Gasteiger partial charge in [-0.3, -0.25) is 0 Å². The molecule has 0 aliphatic carbocycles. The molecule has 17 heavy (non-hydrogen) atoms. The highest BCUT2D eigenvalue weighted by Gasteiger charge is 2.52. The Morgan fingerprint density at radius 1 is 1.12 bits per heavy atom. The molecule has 5 nitrogen and oxygen atoms in total. The molecule has 0 amide bonds. The topological polar surface area (TPSA) is 83.4 Å². The molecule has 1 aliphatic heterocycles. The first-order valence-corrected chi connectivity index (χ1v) is 5.60. The van der Waals surface area contributed by atoms with Gasteiger partial charge < -0.3 is 20.8 Å². The summed E-state index contributed by atoms with van der Waals surface area (Å²) in [6.45, 7) is 7.98. The molecule has 1 aromatic heterocycles. The van der Waals surface area contributed by atoms with Crippen molar-refractivity contribution in [2.75, 3.05) is 11.5 Å². The van der Waals surface area contributed by atoms with Crippen LogP contribution in [0.4, 0.5) is 11.5 Å². The quantitative estimate of drug-likeness (QED) is 0.694. The summed E-state index contributed by atoms with van der Waals surface area (Å²) in [7, 11) is -0.495. The van der Waals surface area contributed by atoms with Crippen molar-refractivity contribution >= 4 is 24.1 Å². The average molecular weight is 235 g/mol. The lowest BCUT2D eigenvalue weighted by molar-refractivity contribution is 0.00578. The second-order valence-corrected chi connectivity index (χ2v) is 5.29. The molecule has 1 fully saturated rings. The lowest BCUT2D eigenvalue weighted by Gasteiger charge is -2.32. The minimum atomic E-state index is -0.495. The van der Waals surface area contributed by atoms with Gasteiger partial charge >= 0.3 is 7.12 Å². The molecule has 0 aromatic carbocycles. The van der Waals surface area contributed by atoms with Crippen LogP contribution in [0.25, 0.3) is 0 Å². The molecule has 6 heteroatoms. The molecule has 2 rings (SSSR count). The Balaban J connectivity index is 2.36. The number of anilines is 2. The number of rotatable bonds is 1. The van der Waals surface area contributed by atoms with Gasteiger partial charge in [-0.15, -0.1) is 0 Å². The van der Waals surface area contributed by atoms with Crippen molar-refractivity contribution in [3.8, 4) is 0 Å². The van der Waals surface area contributed by atoms with Crippen LogP contribution in [0.1, 0.15) is 27.7 Å². The van der Waals surface area contributed by atoms with Crippen LogP contribution in [0, 0.1) is 0 Å². The summed E-state index contributed by atoms with van der Waals surface area (Å²) in [6, 6.07) is 1.77. The monoisotopic (exact) mass is 235 g/mol. The van der Waals surface area contributed by atoms with Crippen molar-refractivity contribution in [3.05, 3.63) is 12.3 Å². The fraction of sp³-hybridized carbons (Fsp3) is 0.545. The fourth-order valence-corrected chi connectivity index (χ4v) is 1.68. The van der Waals surface area contributed by atoms with Gasteiger partial charge in [0.1, 0.15) is 5.82 Å². The van der Waals surface area contributed by atoms with E-state index in [1.165, 1.54) is 0 Å². The summed E-state index contributed by atoms with van der Waals surface area (Å²) in [5.41, 5.74) is 11.9. The molecule has 1 aliphatic rings.